The van der Waals surface area contributed by atoms with Gasteiger partial charge in [-0.15, -0.1) is 0 Å². The highest BCUT2D eigenvalue weighted by Gasteiger charge is 2.27. The van der Waals surface area contributed by atoms with Gasteiger partial charge in [0.25, 0.3) is 0 Å². The number of carbonyl (C=O) groups excluding carboxylic acids is 1. The highest BCUT2D eigenvalue weighted by Crippen LogP contribution is 2.43. The normalized spacial score (nSPS) is 14.8. The third kappa shape index (κ3) is 67.2. The molecule has 0 aliphatic rings. The van der Waals surface area contributed by atoms with Gasteiger partial charge in [-0.25, -0.2) is 4.57 Å². The van der Waals surface area contributed by atoms with Crippen LogP contribution in [0.15, 0.2) is 170 Å². The van der Waals surface area contributed by atoms with E-state index in [1.54, 1.807) is 6.08 Å². The van der Waals surface area contributed by atoms with E-state index < -0.39 is 20.0 Å². The molecule has 0 aromatic carbocycles. The number of phosphoric ester groups is 1. The Kier molecular flexibility index (Phi) is 61.2. The molecule has 0 bridgehead atoms. The standard InChI is InChI=1S/C76H127N2O6P/c1-6-8-10-12-14-16-18-20-22-24-26-28-30-31-32-33-34-35-36-37-38-39-40-41-42-43-44-45-46-47-48-50-52-54-56-58-60-62-64-66-68-70-76(80)77-74(73-84-85(81,82)83-72-71-78(3,4)5)75(79)69-67-65-63-61-59-57-55-53-51-49-29-27-25-23-21-19-17-15-13-11-9-7-2/h8,10,14,16,20,22,26,28,31-32,34-35,37-38,40-41,43-44,46-47,50-53,59,61,67,69,74-75,79H,6-7,9,11-13,15,17-19,21,23-25,27,29-30,33,36,39,42,45,48-49,54-58,60,62-66,68,70-73H2,1-5H3,(H-,77,80,81,82)/p+1/b10-8-,16-14-,22-20-,28-26-,32-31-,35-34-,38-37-,41-40-,44-43-,47-46-,52-50-,53-51+,61-59+,69-67+. The summed E-state index contributed by atoms with van der Waals surface area (Å²) in [6, 6.07) is -0.890. The number of unbranched alkanes of at least 4 members (excludes halogenated alkanes) is 21. The predicted octanol–water partition coefficient (Wildman–Crippen LogP) is 21.9. The molecule has 0 heterocycles. The summed E-state index contributed by atoms with van der Waals surface area (Å²) in [5.74, 6) is -0.208. The largest absolute Gasteiger partial charge is 0.472 e. The van der Waals surface area contributed by atoms with E-state index in [1.165, 1.54) is 103 Å². The lowest BCUT2D eigenvalue weighted by Crippen LogP contribution is -2.45. The van der Waals surface area contributed by atoms with E-state index in [4.69, 9.17) is 9.05 Å². The number of hydrogen-bond acceptors (Lipinski definition) is 5. The number of aliphatic hydroxyl groups is 1. The van der Waals surface area contributed by atoms with Crippen LogP contribution in [0.1, 0.15) is 251 Å². The molecule has 0 saturated carbocycles. The van der Waals surface area contributed by atoms with E-state index in [9.17, 15) is 19.4 Å². The van der Waals surface area contributed by atoms with Crippen LogP contribution in [0.4, 0.5) is 0 Å². The number of nitrogens with one attached hydrogen (secondary N) is 1. The van der Waals surface area contributed by atoms with E-state index in [2.05, 4.69) is 177 Å². The number of quaternary nitrogens is 1. The Labute approximate surface area is 524 Å². The molecular weight excluding hydrogens is 1070 g/mol. The molecule has 0 fully saturated rings. The number of nitrogens with zero attached hydrogens (tertiary/aromatic N) is 1. The summed E-state index contributed by atoms with van der Waals surface area (Å²) in [6.45, 7) is 4.66. The van der Waals surface area contributed by atoms with Crippen molar-refractivity contribution in [1.82, 2.24) is 5.32 Å². The number of phosphoric acid groups is 1. The zero-order chi connectivity index (χ0) is 61.9. The van der Waals surface area contributed by atoms with Crippen LogP contribution in [0, 0.1) is 0 Å². The Morgan fingerprint density at radius 3 is 1.08 bits per heavy atom. The minimum atomic E-state index is -4.38. The number of rotatable bonds is 60. The number of hydrogen-bond donors (Lipinski definition) is 3. The van der Waals surface area contributed by atoms with Gasteiger partial charge < -0.3 is 19.8 Å². The Morgan fingerprint density at radius 2 is 0.718 bits per heavy atom. The van der Waals surface area contributed by atoms with Gasteiger partial charge in [0.1, 0.15) is 13.2 Å². The molecule has 9 heteroatoms. The number of amides is 1. The minimum Gasteiger partial charge on any atom is -0.387 e. The van der Waals surface area contributed by atoms with Crippen molar-refractivity contribution in [2.75, 3.05) is 40.9 Å². The fourth-order valence-electron chi connectivity index (χ4n) is 8.90. The van der Waals surface area contributed by atoms with Crippen LogP contribution in [-0.4, -0.2) is 73.4 Å². The van der Waals surface area contributed by atoms with E-state index in [1.807, 2.05) is 27.2 Å². The van der Waals surface area contributed by atoms with Gasteiger partial charge in [0.2, 0.25) is 5.91 Å². The number of aliphatic hydroxyl groups excluding tert-OH is 1. The predicted molar refractivity (Wildman–Crippen MR) is 373 cm³/mol. The zero-order valence-electron chi connectivity index (χ0n) is 55.0. The van der Waals surface area contributed by atoms with Crippen LogP contribution in [0.5, 0.6) is 0 Å². The summed E-state index contributed by atoms with van der Waals surface area (Å²) in [5, 5.41) is 13.9. The van der Waals surface area contributed by atoms with E-state index >= 15 is 0 Å². The van der Waals surface area contributed by atoms with Crippen LogP contribution in [0.3, 0.4) is 0 Å². The van der Waals surface area contributed by atoms with Crippen LogP contribution in [0.2, 0.25) is 0 Å². The van der Waals surface area contributed by atoms with E-state index in [-0.39, 0.29) is 19.1 Å². The molecule has 0 rings (SSSR count). The van der Waals surface area contributed by atoms with Gasteiger partial charge >= 0.3 is 7.82 Å². The van der Waals surface area contributed by atoms with Crippen molar-refractivity contribution in [3.63, 3.8) is 0 Å². The average molecular weight is 1200 g/mol. The number of carbonyl (C=O) groups is 1. The Bertz CT molecular complexity index is 1990. The summed E-state index contributed by atoms with van der Waals surface area (Å²) in [5.41, 5.74) is 0. The first-order valence-corrected chi connectivity index (χ1v) is 35.5. The lowest BCUT2D eigenvalue weighted by atomic mass is 10.0. The molecule has 0 aliphatic heterocycles. The van der Waals surface area contributed by atoms with Crippen LogP contribution in [-0.2, 0) is 18.4 Å². The van der Waals surface area contributed by atoms with Gasteiger partial charge in [-0.05, 0) is 128 Å². The van der Waals surface area contributed by atoms with Gasteiger partial charge in [-0.3, -0.25) is 13.8 Å². The van der Waals surface area contributed by atoms with Crippen LogP contribution in [0.25, 0.3) is 0 Å². The highest BCUT2D eigenvalue weighted by molar-refractivity contribution is 7.47. The fourth-order valence-corrected chi connectivity index (χ4v) is 9.64. The lowest BCUT2D eigenvalue weighted by Gasteiger charge is -2.25. The summed E-state index contributed by atoms with van der Waals surface area (Å²) in [7, 11) is 1.52. The lowest BCUT2D eigenvalue weighted by molar-refractivity contribution is -0.870. The summed E-state index contributed by atoms with van der Waals surface area (Å²) >= 11 is 0. The quantitative estimate of drug-likeness (QED) is 0.0243. The summed E-state index contributed by atoms with van der Waals surface area (Å²) in [4.78, 5) is 23.4. The van der Waals surface area contributed by atoms with Crippen molar-refractivity contribution in [3.05, 3.63) is 170 Å². The van der Waals surface area contributed by atoms with Crippen molar-refractivity contribution < 1.29 is 32.9 Å². The Hall–Kier alpha value is -4.14. The molecule has 3 N–H and O–H groups in total. The van der Waals surface area contributed by atoms with Gasteiger partial charge in [0.05, 0.1) is 39.9 Å². The molecule has 0 spiro atoms. The van der Waals surface area contributed by atoms with Crippen molar-refractivity contribution >= 4 is 13.7 Å². The van der Waals surface area contributed by atoms with E-state index in [0.29, 0.717) is 17.4 Å². The van der Waals surface area contributed by atoms with Crippen molar-refractivity contribution in [3.8, 4) is 0 Å². The number of allylic oxidation sites excluding steroid dienone is 27. The SMILES string of the molecule is CC/C=C\C/C=C\C/C=C\C/C=C\C/C=C\C/C=C\C/C=C\C/C=C\C/C=C\C/C=C\C/C=C\CCCCCCCCCC(=O)NC(COP(=O)(O)OCC[N+](C)(C)C)C(O)/C=C/CC/C=C/CC/C=C/CCCCCCCCCCCCCC. The molecule has 8 nitrogen and oxygen atoms in total. The Morgan fingerprint density at radius 1 is 0.412 bits per heavy atom. The smallest absolute Gasteiger partial charge is 0.387 e. The van der Waals surface area contributed by atoms with Crippen molar-refractivity contribution in [2.45, 2.75) is 264 Å². The zero-order valence-corrected chi connectivity index (χ0v) is 55.9. The summed E-state index contributed by atoms with van der Waals surface area (Å²) < 4.78 is 23.7. The third-order valence-corrected chi connectivity index (χ3v) is 15.1. The van der Waals surface area contributed by atoms with Gasteiger partial charge in [-0.2, -0.15) is 0 Å². The number of likely N-dealkylation sites (N-methyl/N-ethyl adjacent to an activating group) is 1. The molecular formula is C76H128N2O6P+. The minimum absolute atomic E-state index is 0.0425. The molecule has 1 amide bonds. The van der Waals surface area contributed by atoms with Gasteiger partial charge in [0.15, 0.2) is 0 Å². The first kappa shape index (κ1) is 80.9. The first-order valence-electron chi connectivity index (χ1n) is 34.0. The monoisotopic (exact) mass is 1200 g/mol. The molecule has 3 atom stereocenters. The molecule has 0 aromatic rings. The average Bonchev–Trinajstić information content (AvgIpc) is 3.48. The molecule has 482 valence electrons. The molecule has 0 radical (unpaired) electrons. The maximum Gasteiger partial charge on any atom is 0.472 e. The molecule has 3 unspecified atom stereocenters. The summed E-state index contributed by atoms with van der Waals surface area (Å²) in [6.07, 6.45) is 102. The topological polar surface area (TPSA) is 105 Å². The van der Waals surface area contributed by atoms with E-state index in [0.717, 1.165) is 128 Å². The van der Waals surface area contributed by atoms with Crippen molar-refractivity contribution in [1.29, 1.82) is 0 Å². The second-order valence-corrected chi connectivity index (χ2v) is 24.9. The second kappa shape index (κ2) is 64.3. The molecule has 0 saturated heterocycles. The second-order valence-electron chi connectivity index (χ2n) is 23.4. The highest BCUT2D eigenvalue weighted by atomic mass is 31.2. The van der Waals surface area contributed by atoms with Gasteiger partial charge in [-0.1, -0.05) is 287 Å². The fraction of sp³-hybridized carbons (Fsp3) is 0.618. The van der Waals surface area contributed by atoms with Crippen LogP contribution >= 0.6 is 7.82 Å². The first-order chi connectivity index (χ1) is 41.5. The Balaban J connectivity index is 4.22. The molecule has 85 heavy (non-hydrogen) atoms. The maximum atomic E-state index is 13.0. The third-order valence-electron chi connectivity index (χ3n) is 14.1. The molecule has 0 aromatic heterocycles. The maximum absolute atomic E-state index is 13.0. The molecule has 0 aliphatic carbocycles. The van der Waals surface area contributed by atoms with Crippen LogP contribution < -0.4 is 5.32 Å². The van der Waals surface area contributed by atoms with Gasteiger partial charge in [0, 0.05) is 6.42 Å². The van der Waals surface area contributed by atoms with Crippen molar-refractivity contribution in [2.24, 2.45) is 0 Å².